The van der Waals surface area contributed by atoms with Gasteiger partial charge in [0.05, 0.1) is 5.60 Å². The molecule has 0 radical (unpaired) electrons. The van der Waals surface area contributed by atoms with Crippen LogP contribution in [0, 0.1) is 5.92 Å². The lowest BCUT2D eigenvalue weighted by molar-refractivity contribution is 0.0128. The Morgan fingerprint density at radius 2 is 2.00 bits per heavy atom. The maximum absolute atomic E-state index is 5.39. The molecule has 0 amide bonds. The van der Waals surface area contributed by atoms with Crippen molar-refractivity contribution in [2.45, 2.75) is 59.0 Å². The standard InChI is InChI=1S/C13H26O/c1-6-7-9-12(2)10-8-11-13(3,4)14-5/h6-7,12H,8-11H2,1-5H3/b7-6+. The monoisotopic (exact) mass is 198 g/mol. The lowest BCUT2D eigenvalue weighted by Gasteiger charge is -2.23. The third-order valence-corrected chi connectivity index (χ3v) is 2.80. The zero-order chi connectivity index (χ0) is 11.0. The molecule has 0 aromatic rings. The molecule has 14 heavy (non-hydrogen) atoms. The maximum Gasteiger partial charge on any atom is 0.0622 e. The summed E-state index contributed by atoms with van der Waals surface area (Å²) in [5.74, 6) is 0.804. The van der Waals surface area contributed by atoms with Gasteiger partial charge in [-0.05, 0) is 39.5 Å². The highest BCUT2D eigenvalue weighted by Gasteiger charge is 2.15. The summed E-state index contributed by atoms with van der Waals surface area (Å²) >= 11 is 0. The molecule has 1 atom stereocenters. The van der Waals surface area contributed by atoms with Crippen molar-refractivity contribution in [2.24, 2.45) is 5.92 Å². The second-order valence-corrected chi connectivity index (χ2v) is 4.77. The van der Waals surface area contributed by atoms with Gasteiger partial charge in [-0.1, -0.05) is 31.9 Å². The predicted octanol–water partition coefficient (Wildman–Crippen LogP) is 4.18. The molecule has 0 heterocycles. The van der Waals surface area contributed by atoms with Crippen molar-refractivity contribution in [1.82, 2.24) is 0 Å². The smallest absolute Gasteiger partial charge is 0.0622 e. The molecular formula is C13H26O. The van der Waals surface area contributed by atoms with Crippen LogP contribution in [0.4, 0.5) is 0 Å². The van der Waals surface area contributed by atoms with E-state index in [1.165, 1.54) is 19.3 Å². The van der Waals surface area contributed by atoms with E-state index in [9.17, 15) is 0 Å². The molecule has 0 rings (SSSR count). The molecule has 84 valence electrons. The van der Waals surface area contributed by atoms with Crippen molar-refractivity contribution in [3.05, 3.63) is 12.2 Å². The van der Waals surface area contributed by atoms with Crippen LogP contribution in [0.25, 0.3) is 0 Å². The molecule has 0 fully saturated rings. The summed E-state index contributed by atoms with van der Waals surface area (Å²) in [6.45, 7) is 8.72. The normalized spacial score (nSPS) is 14.9. The highest BCUT2D eigenvalue weighted by Crippen LogP contribution is 2.20. The van der Waals surface area contributed by atoms with Crippen LogP contribution in [0.15, 0.2) is 12.2 Å². The van der Waals surface area contributed by atoms with Crippen molar-refractivity contribution in [2.75, 3.05) is 7.11 Å². The molecule has 1 heteroatoms. The van der Waals surface area contributed by atoms with Gasteiger partial charge in [-0.2, -0.15) is 0 Å². The largest absolute Gasteiger partial charge is 0.379 e. The summed E-state index contributed by atoms with van der Waals surface area (Å²) < 4.78 is 5.39. The first-order valence-corrected chi connectivity index (χ1v) is 5.68. The van der Waals surface area contributed by atoms with Crippen molar-refractivity contribution in [3.8, 4) is 0 Å². The predicted molar refractivity (Wildman–Crippen MR) is 63.5 cm³/mol. The van der Waals surface area contributed by atoms with E-state index in [4.69, 9.17) is 4.74 Å². The molecule has 0 N–H and O–H groups in total. The number of allylic oxidation sites excluding steroid dienone is 2. The fraction of sp³-hybridized carbons (Fsp3) is 0.846. The summed E-state index contributed by atoms with van der Waals surface area (Å²) in [5, 5.41) is 0. The van der Waals surface area contributed by atoms with Gasteiger partial charge in [-0.15, -0.1) is 0 Å². The van der Waals surface area contributed by atoms with Gasteiger partial charge in [0.1, 0.15) is 0 Å². The van der Waals surface area contributed by atoms with Gasteiger partial charge in [-0.25, -0.2) is 0 Å². The average Bonchev–Trinajstić information content (AvgIpc) is 2.14. The van der Waals surface area contributed by atoms with E-state index < -0.39 is 0 Å². The molecule has 0 aliphatic rings. The van der Waals surface area contributed by atoms with E-state index in [1.807, 2.05) is 0 Å². The Balaban J connectivity index is 3.53. The van der Waals surface area contributed by atoms with Gasteiger partial charge in [0.25, 0.3) is 0 Å². The molecule has 0 bridgehead atoms. The summed E-state index contributed by atoms with van der Waals surface area (Å²) in [7, 11) is 1.79. The van der Waals surface area contributed by atoms with Crippen LogP contribution in [0.5, 0.6) is 0 Å². The van der Waals surface area contributed by atoms with E-state index in [1.54, 1.807) is 7.11 Å². The molecule has 0 spiro atoms. The quantitative estimate of drug-likeness (QED) is 0.557. The number of ether oxygens (including phenoxy) is 1. The molecule has 0 saturated carbocycles. The molecular weight excluding hydrogens is 172 g/mol. The first kappa shape index (κ1) is 13.7. The van der Waals surface area contributed by atoms with Crippen molar-refractivity contribution in [3.63, 3.8) is 0 Å². The Bertz CT molecular complexity index is 159. The van der Waals surface area contributed by atoms with Gasteiger partial charge >= 0.3 is 0 Å². The molecule has 0 saturated heterocycles. The molecule has 0 aromatic heterocycles. The van der Waals surface area contributed by atoms with Crippen LogP contribution in [-0.4, -0.2) is 12.7 Å². The van der Waals surface area contributed by atoms with Crippen LogP contribution < -0.4 is 0 Å². The Morgan fingerprint density at radius 1 is 1.36 bits per heavy atom. The zero-order valence-corrected chi connectivity index (χ0v) is 10.5. The summed E-state index contributed by atoms with van der Waals surface area (Å²) in [6, 6.07) is 0. The zero-order valence-electron chi connectivity index (χ0n) is 10.5. The first-order chi connectivity index (χ1) is 6.52. The maximum atomic E-state index is 5.39. The second kappa shape index (κ2) is 7.05. The van der Waals surface area contributed by atoms with Crippen LogP contribution in [0.1, 0.15) is 53.4 Å². The van der Waals surface area contributed by atoms with E-state index in [0.717, 1.165) is 12.3 Å². The van der Waals surface area contributed by atoms with E-state index >= 15 is 0 Å². The van der Waals surface area contributed by atoms with Crippen LogP contribution >= 0.6 is 0 Å². The number of rotatable bonds is 7. The number of hydrogen-bond acceptors (Lipinski definition) is 1. The Hall–Kier alpha value is -0.300. The third kappa shape index (κ3) is 7.14. The fourth-order valence-corrected chi connectivity index (χ4v) is 1.46. The average molecular weight is 198 g/mol. The highest BCUT2D eigenvalue weighted by molar-refractivity contribution is 4.79. The topological polar surface area (TPSA) is 9.23 Å². The van der Waals surface area contributed by atoms with E-state index in [0.29, 0.717) is 0 Å². The third-order valence-electron chi connectivity index (χ3n) is 2.80. The first-order valence-electron chi connectivity index (χ1n) is 5.68. The molecule has 1 nitrogen and oxygen atoms in total. The Morgan fingerprint density at radius 3 is 2.50 bits per heavy atom. The Labute approximate surface area is 89.5 Å². The minimum Gasteiger partial charge on any atom is -0.379 e. The van der Waals surface area contributed by atoms with Gasteiger partial charge in [0, 0.05) is 7.11 Å². The van der Waals surface area contributed by atoms with Crippen molar-refractivity contribution >= 4 is 0 Å². The summed E-state index contributed by atoms with van der Waals surface area (Å²) in [5.41, 5.74) is 0.0559. The molecule has 1 unspecified atom stereocenters. The highest BCUT2D eigenvalue weighted by atomic mass is 16.5. The van der Waals surface area contributed by atoms with Gasteiger partial charge in [0.15, 0.2) is 0 Å². The van der Waals surface area contributed by atoms with Gasteiger partial charge in [0.2, 0.25) is 0 Å². The van der Waals surface area contributed by atoms with Crippen LogP contribution in [0.3, 0.4) is 0 Å². The number of hydrogen-bond donors (Lipinski definition) is 0. The minimum atomic E-state index is 0.0559. The van der Waals surface area contributed by atoms with Crippen molar-refractivity contribution < 1.29 is 4.74 Å². The second-order valence-electron chi connectivity index (χ2n) is 4.77. The lowest BCUT2D eigenvalue weighted by Crippen LogP contribution is -2.22. The molecule has 0 aliphatic heterocycles. The Kier molecular flexibility index (Phi) is 6.90. The summed E-state index contributed by atoms with van der Waals surface area (Å²) in [4.78, 5) is 0. The molecule has 0 aromatic carbocycles. The SMILES string of the molecule is C/C=C/CC(C)CCCC(C)(C)OC. The van der Waals surface area contributed by atoms with Gasteiger partial charge in [-0.3, -0.25) is 0 Å². The van der Waals surface area contributed by atoms with E-state index in [-0.39, 0.29) is 5.60 Å². The fourth-order valence-electron chi connectivity index (χ4n) is 1.46. The lowest BCUT2D eigenvalue weighted by atomic mass is 9.95. The van der Waals surface area contributed by atoms with Crippen LogP contribution in [-0.2, 0) is 4.74 Å². The van der Waals surface area contributed by atoms with Crippen molar-refractivity contribution in [1.29, 1.82) is 0 Å². The molecule has 0 aliphatic carbocycles. The van der Waals surface area contributed by atoms with Crippen LogP contribution in [0.2, 0.25) is 0 Å². The number of methoxy groups -OCH3 is 1. The summed E-state index contributed by atoms with van der Waals surface area (Å²) in [6.07, 6.45) is 9.33. The van der Waals surface area contributed by atoms with E-state index in [2.05, 4.69) is 39.8 Å². The van der Waals surface area contributed by atoms with Gasteiger partial charge < -0.3 is 4.74 Å². The minimum absolute atomic E-state index is 0.0559.